The molecule has 0 aliphatic heterocycles. The van der Waals surface area contributed by atoms with Gasteiger partial charge in [-0.2, -0.15) is 0 Å². The highest BCUT2D eigenvalue weighted by Gasteiger charge is 2.14. The first kappa shape index (κ1) is 16.2. The van der Waals surface area contributed by atoms with E-state index in [0.717, 1.165) is 25.9 Å². The van der Waals surface area contributed by atoms with Crippen molar-refractivity contribution in [2.75, 3.05) is 19.6 Å². The highest BCUT2D eigenvalue weighted by molar-refractivity contribution is 7.80. The van der Waals surface area contributed by atoms with Crippen molar-refractivity contribution < 1.29 is 4.79 Å². The Morgan fingerprint density at radius 2 is 2.12 bits per heavy atom. The molecule has 4 nitrogen and oxygen atoms in total. The number of thiocarbonyl (C=S) groups is 1. The number of nitrogens with zero attached hydrogens (tertiary/aromatic N) is 1. The summed E-state index contributed by atoms with van der Waals surface area (Å²) in [6, 6.07) is -0.0107. The molecule has 0 rings (SSSR count). The third-order valence-corrected chi connectivity index (χ3v) is 2.51. The van der Waals surface area contributed by atoms with E-state index in [1.807, 2.05) is 0 Å². The molecule has 0 aromatic carbocycles. The fraction of sp³-hybridized carbons (Fsp3) is 0.833. The molecule has 0 saturated carbocycles. The molecule has 3 N–H and O–H groups in total. The number of nitrogens with two attached hydrogens (primary N) is 1. The smallest absolute Gasteiger partial charge is 0.317 e. The molecule has 0 aliphatic rings. The van der Waals surface area contributed by atoms with Crippen molar-refractivity contribution >= 4 is 23.2 Å². The van der Waals surface area contributed by atoms with Crippen LogP contribution < -0.4 is 11.1 Å². The van der Waals surface area contributed by atoms with E-state index in [1.165, 1.54) is 0 Å². The lowest BCUT2D eigenvalue weighted by molar-refractivity contribution is 0.192. The van der Waals surface area contributed by atoms with E-state index in [0.29, 0.717) is 23.9 Å². The number of hydrogen-bond acceptors (Lipinski definition) is 2. The van der Waals surface area contributed by atoms with Gasteiger partial charge in [0.15, 0.2) is 0 Å². The molecule has 0 heterocycles. The summed E-state index contributed by atoms with van der Waals surface area (Å²) in [5, 5.41) is 2.92. The maximum Gasteiger partial charge on any atom is 0.317 e. The number of carbonyl (C=O) groups excluding carboxylic acids is 1. The number of unbranched alkanes of at least 4 members (excludes halogenated alkanes) is 1. The van der Waals surface area contributed by atoms with Crippen LogP contribution >= 0.6 is 12.2 Å². The van der Waals surface area contributed by atoms with Crippen molar-refractivity contribution in [1.29, 1.82) is 0 Å². The zero-order valence-corrected chi connectivity index (χ0v) is 12.0. The Morgan fingerprint density at radius 3 is 2.59 bits per heavy atom. The second-order valence-electron chi connectivity index (χ2n) is 4.64. The van der Waals surface area contributed by atoms with Crippen LogP contribution in [0.4, 0.5) is 4.79 Å². The summed E-state index contributed by atoms with van der Waals surface area (Å²) < 4.78 is 0. The summed E-state index contributed by atoms with van der Waals surface area (Å²) in [6.07, 6.45) is 2.68. The quantitative estimate of drug-likeness (QED) is 0.518. The van der Waals surface area contributed by atoms with E-state index in [2.05, 4.69) is 26.1 Å². The third-order valence-electron chi connectivity index (χ3n) is 2.31. The van der Waals surface area contributed by atoms with Crippen molar-refractivity contribution in [3.8, 4) is 0 Å². The summed E-state index contributed by atoms with van der Waals surface area (Å²) >= 11 is 4.84. The van der Waals surface area contributed by atoms with Crippen LogP contribution in [0.5, 0.6) is 0 Å². The molecule has 100 valence electrons. The largest absolute Gasteiger partial charge is 0.393 e. The van der Waals surface area contributed by atoms with Gasteiger partial charge in [0, 0.05) is 26.1 Å². The van der Waals surface area contributed by atoms with Crippen molar-refractivity contribution in [3.05, 3.63) is 0 Å². The number of nitrogens with one attached hydrogen (secondary N) is 1. The number of urea groups is 1. The fourth-order valence-electron chi connectivity index (χ4n) is 1.45. The molecular formula is C12H25N3OS. The normalized spacial score (nSPS) is 10.4. The molecule has 0 aliphatic carbocycles. The zero-order chi connectivity index (χ0) is 13.3. The Labute approximate surface area is 110 Å². The van der Waals surface area contributed by atoms with E-state index in [1.54, 1.807) is 4.90 Å². The predicted octanol–water partition coefficient (Wildman–Crippen LogP) is 2.13. The Bertz CT molecular complexity index is 244. The second kappa shape index (κ2) is 9.22. The van der Waals surface area contributed by atoms with Gasteiger partial charge in [0.2, 0.25) is 0 Å². The molecule has 0 aromatic rings. The van der Waals surface area contributed by atoms with Gasteiger partial charge >= 0.3 is 6.03 Å². The topological polar surface area (TPSA) is 58.4 Å². The molecule has 0 unspecified atom stereocenters. The van der Waals surface area contributed by atoms with Gasteiger partial charge in [-0.3, -0.25) is 0 Å². The highest BCUT2D eigenvalue weighted by atomic mass is 32.1. The minimum atomic E-state index is -0.0107. The van der Waals surface area contributed by atoms with E-state index in [-0.39, 0.29) is 6.03 Å². The van der Waals surface area contributed by atoms with Crippen molar-refractivity contribution in [2.24, 2.45) is 11.7 Å². The SMILES string of the molecule is CCCCNC(=O)N(CCC(N)=S)CC(C)C. The van der Waals surface area contributed by atoms with Crippen LogP contribution in [0, 0.1) is 5.92 Å². The minimum Gasteiger partial charge on any atom is -0.393 e. The van der Waals surface area contributed by atoms with Crippen LogP contribution in [0.25, 0.3) is 0 Å². The molecule has 0 bridgehead atoms. The maximum atomic E-state index is 11.9. The first-order valence-corrected chi connectivity index (χ1v) is 6.69. The van der Waals surface area contributed by atoms with Gasteiger partial charge in [0.25, 0.3) is 0 Å². The van der Waals surface area contributed by atoms with E-state index in [4.69, 9.17) is 18.0 Å². The van der Waals surface area contributed by atoms with Crippen LogP contribution in [0.2, 0.25) is 0 Å². The molecule has 0 saturated heterocycles. The lowest BCUT2D eigenvalue weighted by atomic mass is 10.2. The Balaban J connectivity index is 4.14. The summed E-state index contributed by atoms with van der Waals surface area (Å²) in [6.45, 7) is 8.36. The van der Waals surface area contributed by atoms with E-state index >= 15 is 0 Å². The predicted molar refractivity (Wildman–Crippen MR) is 76.1 cm³/mol. The van der Waals surface area contributed by atoms with E-state index < -0.39 is 0 Å². The standard InChI is InChI=1S/C12H25N3OS/c1-4-5-7-14-12(16)15(9-10(2)3)8-6-11(13)17/h10H,4-9H2,1-3H3,(H2,13,17)(H,14,16). The van der Waals surface area contributed by atoms with Crippen molar-refractivity contribution in [1.82, 2.24) is 10.2 Å². The Morgan fingerprint density at radius 1 is 1.47 bits per heavy atom. The summed E-state index contributed by atoms with van der Waals surface area (Å²) in [5.74, 6) is 0.443. The molecule has 0 radical (unpaired) electrons. The third kappa shape index (κ3) is 8.92. The van der Waals surface area contributed by atoms with Gasteiger partial charge in [-0.25, -0.2) is 4.79 Å². The van der Waals surface area contributed by atoms with Gasteiger partial charge in [0.05, 0.1) is 4.99 Å². The van der Waals surface area contributed by atoms with Gasteiger partial charge in [-0.15, -0.1) is 0 Å². The summed E-state index contributed by atoms with van der Waals surface area (Å²) in [4.78, 5) is 14.1. The number of rotatable bonds is 8. The van der Waals surface area contributed by atoms with Crippen LogP contribution in [0.15, 0.2) is 0 Å². The number of amides is 2. The molecular weight excluding hydrogens is 234 g/mol. The summed E-state index contributed by atoms with van der Waals surface area (Å²) in [7, 11) is 0. The second-order valence-corrected chi connectivity index (χ2v) is 5.17. The average Bonchev–Trinajstić information content (AvgIpc) is 2.23. The first-order valence-electron chi connectivity index (χ1n) is 6.28. The van der Waals surface area contributed by atoms with Crippen molar-refractivity contribution in [2.45, 2.75) is 40.0 Å². The van der Waals surface area contributed by atoms with Crippen LogP contribution in [0.1, 0.15) is 40.0 Å². The highest BCUT2D eigenvalue weighted by Crippen LogP contribution is 2.01. The monoisotopic (exact) mass is 259 g/mol. The number of hydrogen-bond donors (Lipinski definition) is 2. The Kier molecular flexibility index (Phi) is 8.76. The first-order chi connectivity index (χ1) is 7.97. The van der Waals surface area contributed by atoms with Gasteiger partial charge in [-0.05, 0) is 12.3 Å². The van der Waals surface area contributed by atoms with Gasteiger partial charge in [0.1, 0.15) is 0 Å². The van der Waals surface area contributed by atoms with Crippen molar-refractivity contribution in [3.63, 3.8) is 0 Å². The number of carbonyl (C=O) groups is 1. The van der Waals surface area contributed by atoms with Gasteiger partial charge < -0.3 is 16.0 Å². The minimum absolute atomic E-state index is 0.0107. The fourth-order valence-corrected chi connectivity index (χ4v) is 1.54. The lowest BCUT2D eigenvalue weighted by Gasteiger charge is -2.24. The van der Waals surface area contributed by atoms with E-state index in [9.17, 15) is 4.79 Å². The molecule has 0 aromatic heterocycles. The Hall–Kier alpha value is -0.840. The molecule has 0 spiro atoms. The zero-order valence-electron chi connectivity index (χ0n) is 11.2. The molecule has 17 heavy (non-hydrogen) atoms. The maximum absolute atomic E-state index is 11.9. The molecule has 0 fully saturated rings. The van der Waals surface area contributed by atoms with Crippen LogP contribution in [0.3, 0.4) is 0 Å². The van der Waals surface area contributed by atoms with Gasteiger partial charge in [-0.1, -0.05) is 39.4 Å². The molecule has 0 atom stereocenters. The van der Waals surface area contributed by atoms with Crippen LogP contribution in [-0.4, -0.2) is 35.6 Å². The summed E-state index contributed by atoms with van der Waals surface area (Å²) in [5.41, 5.74) is 5.47. The van der Waals surface area contributed by atoms with Crippen LogP contribution in [-0.2, 0) is 0 Å². The lowest BCUT2D eigenvalue weighted by Crippen LogP contribution is -2.43. The molecule has 5 heteroatoms. The average molecular weight is 259 g/mol. The molecule has 2 amide bonds.